The van der Waals surface area contributed by atoms with E-state index >= 15 is 0 Å². The molecule has 0 aliphatic rings. The van der Waals surface area contributed by atoms with Crippen LogP contribution in [0.5, 0.6) is 0 Å². The van der Waals surface area contributed by atoms with Crippen molar-refractivity contribution in [3.05, 3.63) is 0 Å². The summed E-state index contributed by atoms with van der Waals surface area (Å²) in [7, 11) is 0. The Kier molecular flexibility index (Phi) is 19.5. The van der Waals surface area contributed by atoms with Crippen molar-refractivity contribution < 1.29 is 23.9 Å². The van der Waals surface area contributed by atoms with Gasteiger partial charge in [0.15, 0.2) is 0 Å². The van der Waals surface area contributed by atoms with Gasteiger partial charge in [-0.3, -0.25) is 0 Å². The van der Waals surface area contributed by atoms with Gasteiger partial charge in [-0.1, -0.05) is 25.7 Å². The summed E-state index contributed by atoms with van der Waals surface area (Å²) in [6, 6.07) is 0. The lowest BCUT2D eigenvalue weighted by Crippen LogP contribution is -2.13. The van der Waals surface area contributed by atoms with Gasteiger partial charge in [-0.25, -0.2) is 11.8 Å². The maximum Gasteiger partial charge on any atom is 0.0913 e. The lowest BCUT2D eigenvalue weighted by molar-refractivity contribution is -0.00237. The minimum absolute atomic E-state index is 0.407. The second kappa shape index (κ2) is 19.7. The molecule has 0 fully saturated rings. The van der Waals surface area contributed by atoms with E-state index in [1.165, 1.54) is 25.7 Å². The van der Waals surface area contributed by atoms with Gasteiger partial charge in [0.2, 0.25) is 0 Å². The quantitative estimate of drug-likeness (QED) is 0.289. The van der Waals surface area contributed by atoms with Crippen LogP contribution in [0, 0.1) is 0 Å². The highest BCUT2D eigenvalue weighted by Crippen LogP contribution is 2.05. The van der Waals surface area contributed by atoms with Gasteiger partial charge >= 0.3 is 0 Å². The second-order valence-corrected chi connectivity index (χ2v) is 4.70. The monoisotopic (exact) mass is 308 g/mol. The van der Waals surface area contributed by atoms with Crippen molar-refractivity contribution in [3.63, 3.8) is 0 Å². The van der Waals surface area contributed by atoms with Gasteiger partial charge in [0, 0.05) is 6.61 Å². The first kappa shape index (κ1) is 20.7. The van der Waals surface area contributed by atoms with Gasteiger partial charge in [0.05, 0.1) is 46.2 Å². The number of nitrogens with two attached hydrogens (primary N) is 2. The molecule has 128 valence electrons. The van der Waals surface area contributed by atoms with E-state index in [1.54, 1.807) is 0 Å². The van der Waals surface area contributed by atoms with E-state index in [4.69, 9.17) is 26.0 Å². The minimum Gasteiger partial charge on any atom is -0.379 e. The van der Waals surface area contributed by atoms with Crippen LogP contribution in [-0.4, -0.2) is 52.9 Å². The third kappa shape index (κ3) is 19.7. The van der Waals surface area contributed by atoms with Crippen LogP contribution in [0.25, 0.3) is 0 Å². The van der Waals surface area contributed by atoms with Gasteiger partial charge in [-0.15, -0.1) is 0 Å². The number of hydrogen-bond donors (Lipinski definition) is 2. The zero-order valence-corrected chi connectivity index (χ0v) is 13.1. The molecule has 7 heteroatoms. The summed E-state index contributed by atoms with van der Waals surface area (Å²) in [5.41, 5.74) is 0. The van der Waals surface area contributed by atoms with Crippen LogP contribution >= 0.6 is 0 Å². The predicted molar refractivity (Wildman–Crippen MR) is 80.4 cm³/mol. The van der Waals surface area contributed by atoms with E-state index in [2.05, 4.69) is 9.68 Å². The normalized spacial score (nSPS) is 11.1. The molecule has 0 amide bonds. The van der Waals surface area contributed by atoms with Crippen molar-refractivity contribution in [1.82, 2.24) is 0 Å². The lowest BCUT2D eigenvalue weighted by atomic mass is 10.1. The fourth-order valence-corrected chi connectivity index (χ4v) is 1.75. The molecule has 0 aliphatic heterocycles. The van der Waals surface area contributed by atoms with Gasteiger partial charge in [-0.2, -0.15) is 0 Å². The minimum atomic E-state index is 0.407. The fraction of sp³-hybridized carbons (Fsp3) is 1.00. The van der Waals surface area contributed by atoms with Crippen molar-refractivity contribution in [3.8, 4) is 0 Å². The zero-order valence-electron chi connectivity index (χ0n) is 13.1. The standard InChI is InChI=1S/C14H32N2O5/c15-20-8-6-4-2-1-3-5-7-17-9-10-18-11-12-19-13-14-21-16/h1-16H2. The van der Waals surface area contributed by atoms with Crippen molar-refractivity contribution >= 4 is 0 Å². The molecule has 0 saturated heterocycles. The van der Waals surface area contributed by atoms with Crippen LogP contribution in [0.4, 0.5) is 0 Å². The van der Waals surface area contributed by atoms with E-state index in [1.807, 2.05) is 0 Å². The van der Waals surface area contributed by atoms with Gasteiger partial charge in [-0.05, 0) is 12.8 Å². The highest BCUT2D eigenvalue weighted by Gasteiger charge is 1.94. The molecular weight excluding hydrogens is 276 g/mol. The molecule has 4 N–H and O–H groups in total. The Bertz CT molecular complexity index is 169. The third-order valence-electron chi connectivity index (χ3n) is 2.89. The molecule has 0 saturated carbocycles. The molecule has 0 aromatic heterocycles. The Balaban J connectivity index is 2.90. The molecule has 0 radical (unpaired) electrons. The topological polar surface area (TPSA) is 98.2 Å². The summed E-state index contributed by atoms with van der Waals surface area (Å²) in [5.74, 6) is 9.81. The van der Waals surface area contributed by atoms with Crippen molar-refractivity contribution in [2.24, 2.45) is 11.8 Å². The SMILES string of the molecule is NOCCCCCCCCOCCOCCOCCON. The summed E-state index contributed by atoms with van der Waals surface area (Å²) < 4.78 is 16.0. The summed E-state index contributed by atoms with van der Waals surface area (Å²) >= 11 is 0. The van der Waals surface area contributed by atoms with Crippen molar-refractivity contribution in [1.29, 1.82) is 0 Å². The van der Waals surface area contributed by atoms with Crippen LogP contribution in [0.2, 0.25) is 0 Å². The smallest absolute Gasteiger partial charge is 0.0913 e. The highest BCUT2D eigenvalue weighted by atomic mass is 16.6. The van der Waals surface area contributed by atoms with Crippen LogP contribution < -0.4 is 11.8 Å². The Morgan fingerprint density at radius 2 is 0.762 bits per heavy atom. The number of hydrogen-bond acceptors (Lipinski definition) is 7. The van der Waals surface area contributed by atoms with E-state index in [0.717, 1.165) is 19.4 Å². The molecule has 0 aliphatic carbocycles. The van der Waals surface area contributed by atoms with Crippen LogP contribution in [0.15, 0.2) is 0 Å². The maximum absolute atomic E-state index is 5.48. The Hall–Kier alpha value is -0.280. The molecule has 0 atom stereocenters. The summed E-state index contributed by atoms with van der Waals surface area (Å²) in [6.45, 7) is 4.74. The Labute approximate surface area is 128 Å². The average Bonchev–Trinajstić information content (AvgIpc) is 2.50. The van der Waals surface area contributed by atoms with Crippen molar-refractivity contribution in [2.45, 2.75) is 38.5 Å². The van der Waals surface area contributed by atoms with Gasteiger partial charge in [0.25, 0.3) is 0 Å². The van der Waals surface area contributed by atoms with E-state index in [0.29, 0.717) is 46.2 Å². The van der Waals surface area contributed by atoms with E-state index in [9.17, 15) is 0 Å². The van der Waals surface area contributed by atoms with Gasteiger partial charge < -0.3 is 23.9 Å². The molecule has 0 bridgehead atoms. The number of rotatable bonds is 18. The first-order chi connectivity index (χ1) is 10.4. The first-order valence-electron chi connectivity index (χ1n) is 7.78. The molecule has 0 heterocycles. The van der Waals surface area contributed by atoms with E-state index < -0.39 is 0 Å². The molecule has 0 aromatic rings. The summed E-state index contributed by atoms with van der Waals surface area (Å²) in [6.07, 6.45) is 7.03. The molecule has 7 nitrogen and oxygen atoms in total. The summed E-state index contributed by atoms with van der Waals surface area (Å²) in [4.78, 5) is 8.89. The number of ether oxygens (including phenoxy) is 3. The number of unbranched alkanes of at least 4 members (excludes halogenated alkanes) is 5. The van der Waals surface area contributed by atoms with Crippen LogP contribution in [0.1, 0.15) is 38.5 Å². The maximum atomic E-state index is 5.48. The molecular formula is C14H32N2O5. The largest absolute Gasteiger partial charge is 0.379 e. The average molecular weight is 308 g/mol. The molecule has 0 spiro atoms. The molecule has 21 heavy (non-hydrogen) atoms. The Morgan fingerprint density at radius 1 is 0.381 bits per heavy atom. The second-order valence-electron chi connectivity index (χ2n) is 4.70. The molecule has 0 aromatic carbocycles. The predicted octanol–water partition coefficient (Wildman–Crippen LogP) is 1.16. The third-order valence-corrected chi connectivity index (χ3v) is 2.89. The Morgan fingerprint density at radius 3 is 1.29 bits per heavy atom. The zero-order chi connectivity index (χ0) is 15.4. The highest BCUT2D eigenvalue weighted by molar-refractivity contribution is 4.45. The molecule has 0 rings (SSSR count). The lowest BCUT2D eigenvalue weighted by Gasteiger charge is -2.06. The van der Waals surface area contributed by atoms with E-state index in [-0.39, 0.29) is 0 Å². The summed E-state index contributed by atoms with van der Waals surface area (Å²) in [5, 5.41) is 0. The fourth-order valence-electron chi connectivity index (χ4n) is 1.75. The van der Waals surface area contributed by atoms with Crippen LogP contribution in [0.3, 0.4) is 0 Å². The van der Waals surface area contributed by atoms with Crippen LogP contribution in [-0.2, 0) is 23.9 Å². The molecule has 0 unspecified atom stereocenters. The first-order valence-corrected chi connectivity index (χ1v) is 7.78. The van der Waals surface area contributed by atoms with Gasteiger partial charge in [0.1, 0.15) is 0 Å². The van der Waals surface area contributed by atoms with Crippen molar-refractivity contribution in [2.75, 3.05) is 52.9 Å².